The number of phenolic OH excluding ortho intramolecular Hbond substituents is 1. The number of nitrogens with two attached hydrogens (primary N) is 3. The van der Waals surface area contributed by atoms with Gasteiger partial charge in [0.25, 0.3) is 11.8 Å². The first-order valence-corrected chi connectivity index (χ1v) is 19.7. The molecule has 20 heteroatoms. The molecule has 7 rings (SSSR count). The van der Waals surface area contributed by atoms with Gasteiger partial charge in [0.15, 0.2) is 11.7 Å². The Morgan fingerprint density at radius 1 is 0.984 bits per heavy atom. The Kier molecular flexibility index (Phi) is 12.5. The Labute approximate surface area is 359 Å². The number of hydrogen-bond acceptors (Lipinski definition) is 17. The molecule has 2 aliphatic heterocycles. The number of amides is 2. The number of phenols is 1. The third-order valence-corrected chi connectivity index (χ3v) is 11.5. The van der Waals surface area contributed by atoms with E-state index in [1.54, 1.807) is 18.3 Å². The minimum absolute atomic E-state index is 0.0457. The minimum atomic E-state index is -2.46. The van der Waals surface area contributed by atoms with Crippen LogP contribution in [0.4, 0.5) is 11.6 Å². The van der Waals surface area contributed by atoms with Crippen LogP contribution in [-0.2, 0) is 33.7 Å². The molecule has 1 fully saturated rings. The number of aromatic hydroxyl groups is 1. The summed E-state index contributed by atoms with van der Waals surface area (Å²) in [4.78, 5) is 67.1. The van der Waals surface area contributed by atoms with Crippen molar-refractivity contribution in [2.24, 2.45) is 10.7 Å². The molecule has 0 saturated carbocycles. The minimum Gasteiger partial charge on any atom is -0.507 e. The van der Waals surface area contributed by atoms with Gasteiger partial charge in [-0.15, -0.1) is 0 Å². The van der Waals surface area contributed by atoms with Crippen LogP contribution in [0.5, 0.6) is 17.2 Å². The fourth-order valence-electron chi connectivity index (χ4n) is 8.10. The number of rotatable bonds is 14. The molecule has 0 unspecified atom stereocenters. The zero-order valence-corrected chi connectivity index (χ0v) is 34.1. The maximum Gasteiger partial charge on any atom is 0.253 e. The fourth-order valence-corrected chi connectivity index (χ4v) is 8.10. The average molecular weight is 867 g/mol. The van der Waals surface area contributed by atoms with Crippen LogP contribution in [0.1, 0.15) is 66.4 Å². The van der Waals surface area contributed by atoms with E-state index in [1.807, 2.05) is 0 Å². The van der Waals surface area contributed by atoms with E-state index in [0.717, 1.165) is 22.6 Å². The number of ketones is 2. The number of aliphatic hydroxyl groups excluding tert-OH is 3. The molecule has 2 aromatic carbocycles. The van der Waals surface area contributed by atoms with Crippen molar-refractivity contribution in [3.63, 3.8) is 0 Å². The van der Waals surface area contributed by atoms with Crippen molar-refractivity contribution in [2.45, 2.75) is 61.9 Å². The second-order valence-corrected chi connectivity index (χ2v) is 15.3. The summed E-state index contributed by atoms with van der Waals surface area (Å²) < 4.78 is 17.5. The van der Waals surface area contributed by atoms with Gasteiger partial charge in [-0.25, -0.2) is 9.97 Å². The van der Waals surface area contributed by atoms with Gasteiger partial charge < -0.3 is 62.3 Å². The number of aromatic nitrogens is 2. The number of benzene rings is 2. The van der Waals surface area contributed by atoms with Gasteiger partial charge in [0.2, 0.25) is 12.1 Å². The molecule has 0 bridgehead atoms. The van der Waals surface area contributed by atoms with Crippen LogP contribution in [0.2, 0.25) is 0 Å². The van der Waals surface area contributed by atoms with Gasteiger partial charge in [-0.2, -0.15) is 0 Å². The number of nitrogens with one attached hydrogen (secondary N) is 1. The number of methoxy groups -OCH3 is 1. The molecule has 2 aromatic heterocycles. The predicted molar refractivity (Wildman–Crippen MR) is 224 cm³/mol. The predicted octanol–water partition coefficient (Wildman–Crippen LogP) is -0.402. The highest BCUT2D eigenvalue weighted by molar-refractivity contribution is 6.30. The number of ether oxygens (including phenoxy) is 3. The third kappa shape index (κ3) is 8.49. The quantitative estimate of drug-likeness (QED) is 0.0389. The zero-order chi connectivity index (χ0) is 45.3. The van der Waals surface area contributed by atoms with Gasteiger partial charge in [0, 0.05) is 73.4 Å². The molecule has 0 spiro atoms. The first kappa shape index (κ1) is 44.1. The molecule has 4 heterocycles. The third-order valence-electron chi connectivity index (χ3n) is 11.5. The summed E-state index contributed by atoms with van der Waals surface area (Å²) in [6.07, 6.45) is -2.42. The van der Waals surface area contributed by atoms with E-state index in [4.69, 9.17) is 31.4 Å². The largest absolute Gasteiger partial charge is 0.507 e. The van der Waals surface area contributed by atoms with Crippen molar-refractivity contribution >= 4 is 41.0 Å². The summed E-state index contributed by atoms with van der Waals surface area (Å²) in [5.74, 6) is -4.05. The number of aryl methyl sites for hydroxylation is 2. The molecule has 12 N–H and O–H groups in total. The molecule has 330 valence electrons. The first-order chi connectivity index (χ1) is 30.1. The van der Waals surface area contributed by atoms with E-state index in [-0.39, 0.29) is 64.2 Å². The van der Waals surface area contributed by atoms with Gasteiger partial charge in [0.05, 0.1) is 24.8 Å². The van der Waals surface area contributed by atoms with E-state index in [2.05, 4.69) is 20.3 Å². The Morgan fingerprint density at radius 3 is 2.37 bits per heavy atom. The van der Waals surface area contributed by atoms with E-state index in [1.165, 1.54) is 50.7 Å². The van der Waals surface area contributed by atoms with Gasteiger partial charge in [0.1, 0.15) is 52.8 Å². The second-order valence-electron chi connectivity index (χ2n) is 15.3. The normalized spacial score (nSPS) is 22.5. The number of guanidine groups is 1. The number of pyridine rings is 2. The highest BCUT2D eigenvalue weighted by Gasteiger charge is 2.56. The highest BCUT2D eigenvalue weighted by atomic mass is 16.7. The summed E-state index contributed by atoms with van der Waals surface area (Å²) in [5.41, 5.74) is 16.2. The Bertz CT molecular complexity index is 2510. The lowest BCUT2D eigenvalue weighted by Gasteiger charge is -2.49. The summed E-state index contributed by atoms with van der Waals surface area (Å²) in [6, 6.07) is 10.5. The monoisotopic (exact) mass is 866 g/mol. The average Bonchev–Trinajstić information content (AvgIpc) is 3.59. The molecule has 4 aromatic rings. The topological polar surface area (TPSA) is 329 Å². The van der Waals surface area contributed by atoms with Crippen molar-refractivity contribution in [3.05, 3.63) is 112 Å². The first-order valence-electron chi connectivity index (χ1n) is 19.7. The van der Waals surface area contributed by atoms with Crippen LogP contribution < -0.4 is 32.0 Å². The van der Waals surface area contributed by atoms with Gasteiger partial charge in [-0.05, 0) is 66.3 Å². The molecular weight excluding hydrogens is 821 g/mol. The van der Waals surface area contributed by atoms with E-state index >= 15 is 0 Å². The lowest BCUT2D eigenvalue weighted by atomic mass is 9.75. The van der Waals surface area contributed by atoms with Crippen LogP contribution in [0.25, 0.3) is 0 Å². The van der Waals surface area contributed by atoms with E-state index < -0.39 is 78.3 Å². The highest BCUT2D eigenvalue weighted by Crippen LogP contribution is 2.44. The maximum atomic E-state index is 14.6. The number of carbonyl (C=O) groups excluding carboxylic acids is 4. The number of nitrogens with zero attached hydrogens (tertiary/aromatic N) is 4. The summed E-state index contributed by atoms with van der Waals surface area (Å²) in [7, 11) is 2.77. The van der Waals surface area contributed by atoms with Crippen molar-refractivity contribution < 1.29 is 58.9 Å². The molecule has 2 amide bonds. The molecule has 63 heavy (non-hydrogen) atoms. The molecule has 1 saturated heterocycles. The van der Waals surface area contributed by atoms with Gasteiger partial charge in [-0.1, -0.05) is 6.07 Å². The van der Waals surface area contributed by atoms with Crippen LogP contribution in [-0.4, -0.2) is 127 Å². The molecule has 20 nitrogen and oxygen atoms in total. The molecule has 0 radical (unpaired) electrons. The van der Waals surface area contributed by atoms with Gasteiger partial charge >= 0.3 is 0 Å². The van der Waals surface area contributed by atoms with Crippen molar-refractivity contribution in [1.29, 1.82) is 0 Å². The summed E-state index contributed by atoms with van der Waals surface area (Å²) >= 11 is 0. The second kappa shape index (κ2) is 17.8. The van der Waals surface area contributed by atoms with Crippen molar-refractivity contribution in [3.8, 4) is 17.2 Å². The van der Waals surface area contributed by atoms with Crippen LogP contribution in [0, 0.1) is 0 Å². The standard InChI is InChI=1S/C43H46N8O12/c1-47-42(46)50-17-27-22(5-3-20-4-6-30(44)49-16-20)11-25-35(37(27)56)38(57)34-26(36(25)55)13-24(61-2)14-28(34)62-41-39(58)40(59)43(60,29(19-52)63-41)15-23(21-9-10-48-31(45)12-21)18-51-32(53)7-8-33(51)54/h4,6-14,16,23,29,39-41,52,56,58-60H,3,5,15,17-19H2,1-2H3,(H2,44,49)(H2,45,48)(H3,46,47,50)/t23-,29-,39-,40-,41-,43-/m1/s1. The number of imide groups is 1. The molecular formula is C43H46N8O12. The van der Waals surface area contributed by atoms with Crippen molar-refractivity contribution in [1.82, 2.24) is 20.2 Å². The zero-order valence-electron chi connectivity index (χ0n) is 34.1. The molecule has 3 aliphatic rings. The number of fused-ring (bicyclic) bond motifs is 2. The smallest absolute Gasteiger partial charge is 0.253 e. The van der Waals surface area contributed by atoms with E-state index in [9.17, 15) is 44.7 Å². The fraction of sp³-hybridized carbons (Fsp3) is 0.326. The number of hydrogen-bond donors (Lipinski definition) is 9. The maximum absolute atomic E-state index is 14.6. The Balaban J connectivity index is 1.22. The van der Waals surface area contributed by atoms with Crippen LogP contribution >= 0.6 is 0 Å². The number of aliphatic hydroxyl groups is 4. The summed E-state index contributed by atoms with van der Waals surface area (Å²) in [6.45, 7) is -1.32. The summed E-state index contributed by atoms with van der Waals surface area (Å²) in [5, 5.41) is 60.7. The Hall–Kier alpha value is -6.97. The van der Waals surface area contributed by atoms with Crippen LogP contribution in [0.3, 0.4) is 0 Å². The number of aliphatic imine (C=N–C) groups is 1. The molecule has 6 atom stereocenters. The Morgan fingerprint density at radius 2 is 1.71 bits per heavy atom. The number of carbonyl (C=O) groups is 4. The lowest BCUT2D eigenvalue weighted by Crippen LogP contribution is -2.68. The number of nitrogen functional groups attached to an aromatic ring is 2. The van der Waals surface area contributed by atoms with E-state index in [0.29, 0.717) is 29.8 Å². The molecule has 1 aliphatic carbocycles. The van der Waals surface area contributed by atoms with Crippen LogP contribution in [0.15, 0.2) is 72.0 Å². The van der Waals surface area contributed by atoms with Crippen molar-refractivity contribution in [2.75, 3.05) is 38.8 Å². The van der Waals surface area contributed by atoms with Gasteiger partial charge in [-0.3, -0.25) is 29.1 Å². The number of anilines is 2. The SMILES string of the molecule is CN=C(N)NCc1c(CCc2ccc(N)nc2)cc2c(c1O)C(=O)c1c(O[C@@H]3O[C@H](CO)[C@](O)(C[C@H](CN4C(=O)C=CC4=O)c4ccnc(N)c4)[C@H](O)[C@H]3O)cc(OC)cc1C2=O. The lowest BCUT2D eigenvalue weighted by molar-refractivity contribution is -0.315.